The predicted molar refractivity (Wildman–Crippen MR) is 166 cm³/mol. The fraction of sp³-hybridized carbons (Fsp3) is 0.242. The summed E-state index contributed by atoms with van der Waals surface area (Å²) in [4.78, 5) is 57.9. The molecule has 1 fully saturated rings. The summed E-state index contributed by atoms with van der Waals surface area (Å²) < 4.78 is 39.1. The van der Waals surface area contributed by atoms with E-state index in [0.717, 1.165) is 17.1 Å². The quantitative estimate of drug-likeness (QED) is 0.233. The first-order chi connectivity index (χ1) is 21.9. The fourth-order valence-corrected chi connectivity index (χ4v) is 6.25. The van der Waals surface area contributed by atoms with Gasteiger partial charge in [0.2, 0.25) is 5.91 Å². The monoisotopic (exact) mass is 650 g/mol. The van der Waals surface area contributed by atoms with Gasteiger partial charge in [-0.1, -0.05) is 42.5 Å². The number of benzene rings is 3. The number of thiazole rings is 1. The van der Waals surface area contributed by atoms with Crippen LogP contribution in [0.2, 0.25) is 0 Å². The number of carbonyl (C=O) groups is 4. The van der Waals surface area contributed by atoms with Crippen molar-refractivity contribution in [3.05, 3.63) is 106 Å². The van der Waals surface area contributed by atoms with Crippen molar-refractivity contribution in [3.8, 4) is 11.1 Å². The van der Waals surface area contributed by atoms with E-state index in [4.69, 9.17) is 0 Å². The number of carboxylic acids is 1. The van der Waals surface area contributed by atoms with Crippen LogP contribution in [0.15, 0.2) is 78.2 Å². The van der Waals surface area contributed by atoms with Crippen LogP contribution in [0.4, 0.5) is 18.9 Å². The SMILES string of the molecule is CN(CC(=O)Nc1ccccc1C(=O)O)C(=O)c1csc(C2CCN(C(=O)c3ccccc3-c3ccc(C(F)(F)F)cc3)CC2)n1. The van der Waals surface area contributed by atoms with E-state index in [0.29, 0.717) is 42.6 Å². The highest BCUT2D eigenvalue weighted by Gasteiger charge is 2.31. The van der Waals surface area contributed by atoms with Gasteiger partial charge in [-0.25, -0.2) is 9.78 Å². The Bertz CT molecular complexity index is 1770. The first kappa shape index (κ1) is 32.4. The summed E-state index contributed by atoms with van der Waals surface area (Å²) in [6, 6.07) is 17.5. The molecule has 1 aliphatic rings. The van der Waals surface area contributed by atoms with Crippen LogP contribution < -0.4 is 5.32 Å². The van der Waals surface area contributed by atoms with Crippen molar-refractivity contribution in [2.75, 3.05) is 32.0 Å². The molecule has 1 aromatic heterocycles. The Morgan fingerprint density at radius 2 is 1.59 bits per heavy atom. The molecule has 2 heterocycles. The lowest BCUT2D eigenvalue weighted by atomic mass is 9.94. The lowest BCUT2D eigenvalue weighted by molar-refractivity contribution is -0.137. The molecule has 0 unspecified atom stereocenters. The van der Waals surface area contributed by atoms with Crippen molar-refractivity contribution in [1.82, 2.24) is 14.8 Å². The van der Waals surface area contributed by atoms with Crippen molar-refractivity contribution in [3.63, 3.8) is 0 Å². The maximum atomic E-state index is 13.5. The Kier molecular flexibility index (Phi) is 9.52. The number of aromatic carboxylic acids is 1. The van der Waals surface area contributed by atoms with E-state index in [1.807, 2.05) is 0 Å². The number of para-hydroxylation sites is 1. The van der Waals surface area contributed by atoms with E-state index < -0.39 is 29.5 Å². The Hall–Kier alpha value is -5.04. The number of hydrogen-bond acceptors (Lipinski definition) is 6. The van der Waals surface area contributed by atoms with Crippen molar-refractivity contribution < 1.29 is 37.5 Å². The molecule has 0 spiro atoms. The number of piperidine rings is 1. The molecular weight excluding hydrogens is 621 g/mol. The van der Waals surface area contributed by atoms with Crippen molar-refractivity contribution in [2.24, 2.45) is 0 Å². The first-order valence-electron chi connectivity index (χ1n) is 14.3. The predicted octanol–water partition coefficient (Wildman–Crippen LogP) is 6.26. The third-order valence-corrected chi connectivity index (χ3v) is 8.72. The number of rotatable bonds is 8. The number of aromatic nitrogens is 1. The molecular formula is C33H29F3N4O5S. The molecule has 0 bridgehead atoms. The maximum absolute atomic E-state index is 13.5. The van der Waals surface area contributed by atoms with Gasteiger partial charge >= 0.3 is 12.1 Å². The lowest BCUT2D eigenvalue weighted by Crippen LogP contribution is -2.38. The average Bonchev–Trinajstić information content (AvgIpc) is 3.54. The van der Waals surface area contributed by atoms with Gasteiger partial charge in [-0.3, -0.25) is 14.4 Å². The number of alkyl halides is 3. The van der Waals surface area contributed by atoms with Gasteiger partial charge < -0.3 is 20.2 Å². The average molecular weight is 651 g/mol. The van der Waals surface area contributed by atoms with E-state index in [-0.39, 0.29) is 35.3 Å². The van der Waals surface area contributed by atoms with Crippen LogP contribution in [0.25, 0.3) is 11.1 Å². The van der Waals surface area contributed by atoms with E-state index >= 15 is 0 Å². The minimum atomic E-state index is -4.45. The second-order valence-corrected chi connectivity index (χ2v) is 11.7. The molecule has 5 rings (SSSR count). The number of nitrogens with one attached hydrogen (secondary N) is 1. The summed E-state index contributed by atoms with van der Waals surface area (Å²) in [5.41, 5.74) is 0.960. The van der Waals surface area contributed by atoms with Crippen LogP contribution in [-0.4, -0.2) is 70.3 Å². The van der Waals surface area contributed by atoms with Crippen molar-refractivity contribution >= 4 is 40.7 Å². The van der Waals surface area contributed by atoms with Gasteiger partial charge in [-0.15, -0.1) is 11.3 Å². The minimum Gasteiger partial charge on any atom is -0.478 e. The molecule has 0 saturated carbocycles. The zero-order valence-electron chi connectivity index (χ0n) is 24.6. The minimum absolute atomic E-state index is 0.0156. The maximum Gasteiger partial charge on any atom is 0.416 e. The highest BCUT2D eigenvalue weighted by atomic mass is 32.1. The molecule has 2 N–H and O–H groups in total. The standard InChI is InChI=1S/C33H29F3N4O5S/c1-39(18-28(41)37-26-9-5-4-8-25(26)32(44)45)31(43)27-19-46-29(38-27)21-14-16-40(17-15-21)30(42)24-7-3-2-6-23(24)20-10-12-22(13-11-20)33(34,35)36/h2-13,19,21H,14-18H2,1H3,(H,37,41)(H,44,45). The number of amides is 3. The molecule has 9 nitrogen and oxygen atoms in total. The second kappa shape index (κ2) is 13.5. The van der Waals surface area contributed by atoms with Gasteiger partial charge in [0.15, 0.2) is 0 Å². The van der Waals surface area contributed by atoms with Crippen LogP contribution in [0.3, 0.4) is 0 Å². The molecule has 3 amide bonds. The van der Waals surface area contributed by atoms with E-state index in [9.17, 15) is 37.5 Å². The van der Waals surface area contributed by atoms with Gasteiger partial charge in [0.05, 0.1) is 28.4 Å². The molecule has 3 aromatic carbocycles. The van der Waals surface area contributed by atoms with E-state index in [1.54, 1.807) is 46.7 Å². The van der Waals surface area contributed by atoms with Crippen LogP contribution in [0.1, 0.15) is 60.5 Å². The molecule has 13 heteroatoms. The number of likely N-dealkylation sites (tertiary alicyclic amines) is 1. The summed E-state index contributed by atoms with van der Waals surface area (Å²) in [6.07, 6.45) is -3.23. The molecule has 1 aliphatic heterocycles. The normalized spacial score (nSPS) is 13.7. The van der Waals surface area contributed by atoms with Crippen LogP contribution in [0.5, 0.6) is 0 Å². The largest absolute Gasteiger partial charge is 0.478 e. The number of anilines is 1. The van der Waals surface area contributed by atoms with Gasteiger partial charge in [0, 0.05) is 37.0 Å². The summed E-state index contributed by atoms with van der Waals surface area (Å²) in [7, 11) is 1.46. The highest BCUT2D eigenvalue weighted by Crippen LogP contribution is 2.34. The Morgan fingerprint density at radius 3 is 2.24 bits per heavy atom. The third kappa shape index (κ3) is 7.26. The lowest BCUT2D eigenvalue weighted by Gasteiger charge is -2.31. The Balaban J connectivity index is 1.18. The van der Waals surface area contributed by atoms with Gasteiger partial charge in [0.1, 0.15) is 5.69 Å². The summed E-state index contributed by atoms with van der Waals surface area (Å²) in [5, 5.41) is 14.2. The number of halogens is 3. The molecule has 1 saturated heterocycles. The third-order valence-electron chi connectivity index (χ3n) is 7.71. The Labute approximate surface area is 266 Å². The summed E-state index contributed by atoms with van der Waals surface area (Å²) >= 11 is 1.33. The van der Waals surface area contributed by atoms with Gasteiger partial charge in [-0.05, 0) is 54.3 Å². The number of carbonyl (C=O) groups excluding carboxylic acids is 3. The fourth-order valence-electron chi connectivity index (χ4n) is 5.28. The van der Waals surface area contributed by atoms with Crippen molar-refractivity contribution in [1.29, 1.82) is 0 Å². The number of carboxylic acid groups (broad SMARTS) is 1. The Morgan fingerprint density at radius 1 is 0.957 bits per heavy atom. The second-order valence-electron chi connectivity index (χ2n) is 10.8. The van der Waals surface area contributed by atoms with Crippen LogP contribution in [-0.2, 0) is 11.0 Å². The highest BCUT2D eigenvalue weighted by molar-refractivity contribution is 7.09. The molecule has 0 aliphatic carbocycles. The number of hydrogen-bond donors (Lipinski definition) is 2. The number of nitrogens with zero attached hydrogens (tertiary/aromatic N) is 3. The van der Waals surface area contributed by atoms with Crippen molar-refractivity contribution in [2.45, 2.75) is 24.9 Å². The van der Waals surface area contributed by atoms with Gasteiger partial charge in [-0.2, -0.15) is 13.2 Å². The van der Waals surface area contributed by atoms with Crippen LogP contribution >= 0.6 is 11.3 Å². The topological polar surface area (TPSA) is 120 Å². The van der Waals surface area contributed by atoms with Gasteiger partial charge in [0.25, 0.3) is 11.8 Å². The van der Waals surface area contributed by atoms with E-state index in [1.165, 1.54) is 47.5 Å². The molecule has 0 radical (unpaired) electrons. The summed E-state index contributed by atoms with van der Waals surface area (Å²) in [6.45, 7) is 0.561. The molecule has 4 aromatic rings. The smallest absolute Gasteiger partial charge is 0.416 e. The zero-order valence-corrected chi connectivity index (χ0v) is 25.4. The first-order valence-corrected chi connectivity index (χ1v) is 15.2. The molecule has 0 atom stereocenters. The summed E-state index contributed by atoms with van der Waals surface area (Å²) in [5.74, 6) is -2.40. The molecule has 238 valence electrons. The number of likely N-dealkylation sites (N-methyl/N-ethyl adjacent to an activating group) is 1. The zero-order chi connectivity index (χ0) is 33.0. The van der Waals surface area contributed by atoms with E-state index in [2.05, 4.69) is 10.3 Å². The molecule has 46 heavy (non-hydrogen) atoms. The van der Waals surface area contributed by atoms with Crippen LogP contribution in [0, 0.1) is 0 Å².